The summed E-state index contributed by atoms with van der Waals surface area (Å²) in [6, 6.07) is 14.8. The van der Waals surface area contributed by atoms with Gasteiger partial charge in [-0.3, -0.25) is 4.79 Å². The number of anilines is 2. The van der Waals surface area contributed by atoms with E-state index in [2.05, 4.69) is 17.6 Å². The molecule has 0 radical (unpaired) electrons. The van der Waals surface area contributed by atoms with Crippen molar-refractivity contribution in [1.29, 1.82) is 0 Å². The topological polar surface area (TPSA) is 59.6 Å². The summed E-state index contributed by atoms with van der Waals surface area (Å²) in [5, 5.41) is 5.91. The van der Waals surface area contributed by atoms with Gasteiger partial charge in [0.05, 0.1) is 20.3 Å². The Kier molecular flexibility index (Phi) is 6.29. The maximum absolute atomic E-state index is 12.0. The van der Waals surface area contributed by atoms with E-state index >= 15 is 0 Å². The lowest BCUT2D eigenvalue weighted by molar-refractivity contribution is -0.114. The Morgan fingerprint density at radius 3 is 2.52 bits per heavy atom. The van der Waals surface area contributed by atoms with Crippen LogP contribution in [-0.2, 0) is 4.79 Å². The van der Waals surface area contributed by atoms with Gasteiger partial charge in [-0.25, -0.2) is 0 Å². The minimum absolute atomic E-state index is 0.117. The van der Waals surface area contributed by atoms with E-state index < -0.39 is 0 Å². The van der Waals surface area contributed by atoms with Crippen LogP contribution in [0.15, 0.2) is 48.5 Å². The summed E-state index contributed by atoms with van der Waals surface area (Å²) in [5.41, 5.74) is 1.58. The molecule has 0 bridgehead atoms. The number of rotatable bonds is 8. The number of carbonyl (C=O) groups excluding carboxylic acids is 1. The summed E-state index contributed by atoms with van der Waals surface area (Å²) in [6.07, 6.45) is 0.947. The standard InChI is InChI=1S/C18H22N2O3/c1-3-11-23-17-6-4-5-15(12-17)20-18(21)13-19-14-7-9-16(22-2)10-8-14/h4-10,12,19H,3,11,13H2,1-2H3,(H,20,21). The summed E-state index contributed by atoms with van der Waals surface area (Å²) < 4.78 is 10.6. The molecule has 2 aromatic rings. The molecule has 0 spiro atoms. The molecule has 0 fully saturated rings. The largest absolute Gasteiger partial charge is 0.497 e. The highest BCUT2D eigenvalue weighted by Gasteiger charge is 2.04. The predicted octanol–water partition coefficient (Wildman–Crippen LogP) is 3.53. The van der Waals surface area contributed by atoms with Gasteiger partial charge in [-0.2, -0.15) is 0 Å². The maximum Gasteiger partial charge on any atom is 0.243 e. The second-order valence-corrected chi connectivity index (χ2v) is 5.01. The van der Waals surface area contributed by atoms with E-state index in [-0.39, 0.29) is 12.5 Å². The average Bonchev–Trinajstić information content (AvgIpc) is 2.59. The van der Waals surface area contributed by atoms with Gasteiger partial charge in [0.2, 0.25) is 5.91 Å². The fourth-order valence-corrected chi connectivity index (χ4v) is 1.98. The van der Waals surface area contributed by atoms with Crippen molar-refractivity contribution in [2.45, 2.75) is 13.3 Å². The van der Waals surface area contributed by atoms with Crippen molar-refractivity contribution in [3.63, 3.8) is 0 Å². The molecule has 5 nitrogen and oxygen atoms in total. The van der Waals surface area contributed by atoms with Gasteiger partial charge in [0.1, 0.15) is 11.5 Å². The van der Waals surface area contributed by atoms with Crippen molar-refractivity contribution >= 4 is 17.3 Å². The van der Waals surface area contributed by atoms with E-state index in [0.717, 1.165) is 29.3 Å². The van der Waals surface area contributed by atoms with Crippen molar-refractivity contribution in [3.8, 4) is 11.5 Å². The average molecular weight is 314 g/mol. The normalized spacial score (nSPS) is 10.0. The molecule has 122 valence electrons. The number of nitrogens with one attached hydrogen (secondary N) is 2. The van der Waals surface area contributed by atoms with Crippen molar-refractivity contribution in [3.05, 3.63) is 48.5 Å². The van der Waals surface area contributed by atoms with Crippen LogP contribution in [0.2, 0.25) is 0 Å². The molecule has 0 saturated carbocycles. The molecule has 0 aliphatic rings. The van der Waals surface area contributed by atoms with Crippen molar-refractivity contribution in [1.82, 2.24) is 0 Å². The molecule has 0 unspecified atom stereocenters. The minimum Gasteiger partial charge on any atom is -0.497 e. The van der Waals surface area contributed by atoms with Gasteiger partial charge in [-0.1, -0.05) is 13.0 Å². The smallest absolute Gasteiger partial charge is 0.243 e. The minimum atomic E-state index is -0.117. The Morgan fingerprint density at radius 2 is 1.83 bits per heavy atom. The zero-order valence-electron chi connectivity index (χ0n) is 13.5. The lowest BCUT2D eigenvalue weighted by Gasteiger charge is -2.10. The zero-order chi connectivity index (χ0) is 16.5. The first-order chi connectivity index (χ1) is 11.2. The molecule has 2 aromatic carbocycles. The Bertz CT molecular complexity index is 626. The second kappa shape index (κ2) is 8.68. The molecular formula is C18H22N2O3. The van der Waals surface area contributed by atoms with Gasteiger partial charge in [0.25, 0.3) is 0 Å². The van der Waals surface area contributed by atoms with E-state index in [1.807, 2.05) is 48.5 Å². The van der Waals surface area contributed by atoms with Crippen LogP contribution in [-0.4, -0.2) is 26.2 Å². The third-order valence-corrected chi connectivity index (χ3v) is 3.13. The highest BCUT2D eigenvalue weighted by Crippen LogP contribution is 2.18. The van der Waals surface area contributed by atoms with E-state index in [0.29, 0.717) is 6.61 Å². The Labute approximate surface area is 136 Å². The summed E-state index contributed by atoms with van der Waals surface area (Å²) >= 11 is 0. The molecule has 0 atom stereocenters. The third-order valence-electron chi connectivity index (χ3n) is 3.13. The quantitative estimate of drug-likeness (QED) is 0.782. The molecule has 1 amide bonds. The van der Waals surface area contributed by atoms with Crippen molar-refractivity contribution in [2.75, 3.05) is 30.9 Å². The molecule has 0 aliphatic carbocycles. The SMILES string of the molecule is CCCOc1cccc(NC(=O)CNc2ccc(OC)cc2)c1. The zero-order valence-corrected chi connectivity index (χ0v) is 13.5. The Hall–Kier alpha value is -2.69. The first-order valence-corrected chi connectivity index (χ1v) is 7.62. The monoisotopic (exact) mass is 314 g/mol. The highest BCUT2D eigenvalue weighted by molar-refractivity contribution is 5.93. The highest BCUT2D eigenvalue weighted by atomic mass is 16.5. The summed E-state index contributed by atoms with van der Waals surface area (Å²) in [7, 11) is 1.62. The fraction of sp³-hybridized carbons (Fsp3) is 0.278. The number of amides is 1. The van der Waals surface area contributed by atoms with Crippen LogP contribution < -0.4 is 20.1 Å². The van der Waals surface area contributed by atoms with Crippen LogP contribution in [0, 0.1) is 0 Å². The third kappa shape index (κ3) is 5.54. The molecule has 2 rings (SSSR count). The van der Waals surface area contributed by atoms with Crippen molar-refractivity contribution < 1.29 is 14.3 Å². The van der Waals surface area contributed by atoms with E-state index in [9.17, 15) is 4.79 Å². The molecule has 2 N–H and O–H groups in total. The first kappa shape index (κ1) is 16.7. The lowest BCUT2D eigenvalue weighted by Crippen LogP contribution is -2.21. The lowest BCUT2D eigenvalue weighted by atomic mass is 10.3. The van der Waals surface area contributed by atoms with E-state index in [4.69, 9.17) is 9.47 Å². The number of carbonyl (C=O) groups is 1. The summed E-state index contributed by atoms with van der Waals surface area (Å²) in [5.74, 6) is 1.42. The van der Waals surface area contributed by atoms with Gasteiger partial charge < -0.3 is 20.1 Å². The number of benzene rings is 2. The maximum atomic E-state index is 12.0. The molecule has 0 aliphatic heterocycles. The van der Waals surface area contributed by atoms with E-state index in [1.54, 1.807) is 7.11 Å². The van der Waals surface area contributed by atoms with Gasteiger partial charge >= 0.3 is 0 Å². The van der Waals surface area contributed by atoms with Crippen LogP contribution in [0.3, 0.4) is 0 Å². The fourth-order valence-electron chi connectivity index (χ4n) is 1.98. The Morgan fingerprint density at radius 1 is 1.04 bits per heavy atom. The molecule has 5 heteroatoms. The second-order valence-electron chi connectivity index (χ2n) is 5.01. The van der Waals surface area contributed by atoms with Crippen LogP contribution in [0.1, 0.15) is 13.3 Å². The van der Waals surface area contributed by atoms with E-state index in [1.165, 1.54) is 0 Å². The Balaban J connectivity index is 1.84. The van der Waals surface area contributed by atoms with Gasteiger partial charge in [0, 0.05) is 17.4 Å². The number of hydrogen-bond acceptors (Lipinski definition) is 4. The number of hydrogen-bond donors (Lipinski definition) is 2. The van der Waals surface area contributed by atoms with Gasteiger partial charge in [-0.15, -0.1) is 0 Å². The number of methoxy groups -OCH3 is 1. The number of ether oxygens (including phenoxy) is 2. The van der Waals surface area contributed by atoms with Crippen LogP contribution in [0.4, 0.5) is 11.4 Å². The summed E-state index contributed by atoms with van der Waals surface area (Å²) in [4.78, 5) is 12.0. The predicted molar refractivity (Wildman–Crippen MR) is 92.3 cm³/mol. The molecular weight excluding hydrogens is 292 g/mol. The molecule has 0 saturated heterocycles. The summed E-state index contributed by atoms with van der Waals surface area (Å²) in [6.45, 7) is 2.90. The van der Waals surface area contributed by atoms with Crippen LogP contribution in [0.25, 0.3) is 0 Å². The molecule has 0 aromatic heterocycles. The van der Waals surface area contributed by atoms with Crippen LogP contribution >= 0.6 is 0 Å². The molecule has 23 heavy (non-hydrogen) atoms. The van der Waals surface area contributed by atoms with Crippen LogP contribution in [0.5, 0.6) is 11.5 Å². The van der Waals surface area contributed by atoms with Crippen molar-refractivity contribution in [2.24, 2.45) is 0 Å². The van der Waals surface area contributed by atoms with Gasteiger partial charge in [0.15, 0.2) is 0 Å². The first-order valence-electron chi connectivity index (χ1n) is 7.62. The molecule has 0 heterocycles. The van der Waals surface area contributed by atoms with Gasteiger partial charge in [-0.05, 0) is 42.8 Å².